The fraction of sp³-hybridized carbons (Fsp3) is 0.400. The lowest BCUT2D eigenvalue weighted by Gasteiger charge is -2.23. The molecule has 1 heterocycles. The molecule has 1 amide bonds. The number of carbonyl (C=O) groups is 1. The highest BCUT2D eigenvalue weighted by molar-refractivity contribution is 5.94. The SMILES string of the molecule is NCC#Cc1ccc(C(=O)NC2CCOCC2)cc1F. The molecule has 2 rings (SSSR count). The summed E-state index contributed by atoms with van der Waals surface area (Å²) in [4.78, 5) is 12.0. The number of nitrogens with two attached hydrogens (primary N) is 1. The summed E-state index contributed by atoms with van der Waals surface area (Å²) in [5, 5.41) is 2.88. The van der Waals surface area contributed by atoms with Crippen LogP contribution in [0.15, 0.2) is 18.2 Å². The molecule has 3 N–H and O–H groups in total. The molecule has 0 saturated carbocycles. The largest absolute Gasteiger partial charge is 0.381 e. The van der Waals surface area contributed by atoms with Crippen LogP contribution in [0.5, 0.6) is 0 Å². The van der Waals surface area contributed by atoms with Gasteiger partial charge in [-0.2, -0.15) is 0 Å². The third-order valence-corrected chi connectivity index (χ3v) is 3.11. The van der Waals surface area contributed by atoms with Gasteiger partial charge in [0.25, 0.3) is 5.91 Å². The van der Waals surface area contributed by atoms with E-state index in [4.69, 9.17) is 10.5 Å². The molecular formula is C15H17FN2O2. The Balaban J connectivity index is 2.04. The molecule has 0 aliphatic carbocycles. The van der Waals surface area contributed by atoms with Crippen molar-refractivity contribution in [2.75, 3.05) is 19.8 Å². The topological polar surface area (TPSA) is 64.4 Å². The van der Waals surface area contributed by atoms with Gasteiger partial charge in [0.1, 0.15) is 5.82 Å². The summed E-state index contributed by atoms with van der Waals surface area (Å²) < 4.78 is 19.0. The number of halogens is 1. The minimum absolute atomic E-state index is 0.0935. The zero-order chi connectivity index (χ0) is 14.4. The molecule has 4 nitrogen and oxygen atoms in total. The molecule has 1 fully saturated rings. The van der Waals surface area contributed by atoms with E-state index in [1.165, 1.54) is 12.1 Å². The number of hydrogen-bond donors (Lipinski definition) is 2. The van der Waals surface area contributed by atoms with Crippen LogP contribution in [-0.2, 0) is 4.74 Å². The summed E-state index contributed by atoms with van der Waals surface area (Å²) in [6, 6.07) is 4.36. The third-order valence-electron chi connectivity index (χ3n) is 3.11. The lowest BCUT2D eigenvalue weighted by atomic mass is 10.1. The highest BCUT2D eigenvalue weighted by Gasteiger charge is 2.17. The molecule has 0 atom stereocenters. The van der Waals surface area contributed by atoms with Crippen molar-refractivity contribution in [1.82, 2.24) is 5.32 Å². The first-order valence-electron chi connectivity index (χ1n) is 6.58. The second-order valence-electron chi connectivity index (χ2n) is 4.56. The van der Waals surface area contributed by atoms with Gasteiger partial charge < -0.3 is 15.8 Å². The van der Waals surface area contributed by atoms with Crippen LogP contribution in [0.25, 0.3) is 0 Å². The van der Waals surface area contributed by atoms with Crippen LogP contribution in [0.3, 0.4) is 0 Å². The van der Waals surface area contributed by atoms with Crippen molar-refractivity contribution in [2.24, 2.45) is 5.73 Å². The van der Waals surface area contributed by atoms with Gasteiger partial charge in [-0.1, -0.05) is 11.8 Å². The maximum Gasteiger partial charge on any atom is 0.251 e. The number of carbonyl (C=O) groups excluding carboxylic acids is 1. The van der Waals surface area contributed by atoms with Crippen molar-refractivity contribution in [3.05, 3.63) is 35.1 Å². The fourth-order valence-corrected chi connectivity index (χ4v) is 2.01. The Morgan fingerprint density at radius 3 is 2.85 bits per heavy atom. The van der Waals surface area contributed by atoms with Gasteiger partial charge in [-0.3, -0.25) is 4.79 Å². The first kappa shape index (κ1) is 14.5. The van der Waals surface area contributed by atoms with E-state index in [0.717, 1.165) is 12.8 Å². The van der Waals surface area contributed by atoms with Gasteiger partial charge in [0.05, 0.1) is 12.1 Å². The molecule has 1 saturated heterocycles. The van der Waals surface area contributed by atoms with Crippen LogP contribution in [0, 0.1) is 17.7 Å². The van der Waals surface area contributed by atoms with E-state index in [1.807, 2.05) is 0 Å². The molecule has 0 bridgehead atoms. The maximum absolute atomic E-state index is 13.8. The Bertz CT molecular complexity index is 543. The Morgan fingerprint density at radius 2 is 2.20 bits per heavy atom. The summed E-state index contributed by atoms with van der Waals surface area (Å²) >= 11 is 0. The summed E-state index contributed by atoms with van der Waals surface area (Å²) in [6.45, 7) is 1.46. The lowest BCUT2D eigenvalue weighted by molar-refractivity contribution is 0.0696. The van der Waals surface area contributed by atoms with Crippen LogP contribution in [0.2, 0.25) is 0 Å². The minimum atomic E-state index is -0.509. The van der Waals surface area contributed by atoms with E-state index < -0.39 is 5.82 Å². The van der Waals surface area contributed by atoms with Crippen molar-refractivity contribution in [3.63, 3.8) is 0 Å². The number of rotatable bonds is 2. The fourth-order valence-electron chi connectivity index (χ4n) is 2.01. The van der Waals surface area contributed by atoms with Crippen LogP contribution in [0.1, 0.15) is 28.8 Å². The number of hydrogen-bond acceptors (Lipinski definition) is 3. The van der Waals surface area contributed by atoms with E-state index in [0.29, 0.717) is 18.8 Å². The van der Waals surface area contributed by atoms with Crippen molar-refractivity contribution >= 4 is 5.91 Å². The minimum Gasteiger partial charge on any atom is -0.381 e. The number of ether oxygens (including phenoxy) is 1. The molecule has 1 aliphatic rings. The molecule has 20 heavy (non-hydrogen) atoms. The molecule has 0 unspecified atom stereocenters. The Labute approximate surface area is 117 Å². The molecule has 0 aromatic heterocycles. The van der Waals surface area contributed by atoms with Crippen molar-refractivity contribution in [2.45, 2.75) is 18.9 Å². The maximum atomic E-state index is 13.8. The summed E-state index contributed by atoms with van der Waals surface area (Å²) in [6.07, 6.45) is 1.57. The second kappa shape index (κ2) is 7.04. The number of benzene rings is 1. The zero-order valence-corrected chi connectivity index (χ0v) is 11.1. The highest BCUT2D eigenvalue weighted by atomic mass is 19.1. The molecule has 1 aromatic carbocycles. The smallest absolute Gasteiger partial charge is 0.251 e. The van der Waals surface area contributed by atoms with E-state index in [1.54, 1.807) is 6.07 Å². The predicted octanol–water partition coefficient (Wildman–Crippen LogP) is 1.04. The van der Waals surface area contributed by atoms with Gasteiger partial charge in [0, 0.05) is 24.8 Å². The van der Waals surface area contributed by atoms with E-state index >= 15 is 0 Å². The van der Waals surface area contributed by atoms with Gasteiger partial charge in [0.15, 0.2) is 0 Å². The van der Waals surface area contributed by atoms with Gasteiger partial charge in [0.2, 0.25) is 0 Å². The van der Waals surface area contributed by atoms with Crippen LogP contribution in [-0.4, -0.2) is 31.7 Å². The average molecular weight is 276 g/mol. The second-order valence-corrected chi connectivity index (χ2v) is 4.56. The number of nitrogens with one attached hydrogen (secondary N) is 1. The summed E-state index contributed by atoms with van der Waals surface area (Å²) in [5.41, 5.74) is 5.78. The molecule has 0 spiro atoms. The Morgan fingerprint density at radius 1 is 1.45 bits per heavy atom. The van der Waals surface area contributed by atoms with Gasteiger partial charge >= 0.3 is 0 Å². The standard InChI is InChI=1S/C15H17FN2O2/c16-14-10-12(4-3-11(14)2-1-7-17)15(19)18-13-5-8-20-9-6-13/h3-4,10,13H,5-9,17H2,(H,18,19). The normalized spacial score (nSPS) is 15.3. The summed E-state index contributed by atoms with van der Waals surface area (Å²) in [5.74, 6) is 4.43. The van der Waals surface area contributed by atoms with Crippen molar-refractivity contribution < 1.29 is 13.9 Å². The lowest BCUT2D eigenvalue weighted by Crippen LogP contribution is -2.38. The molecule has 0 radical (unpaired) electrons. The molecule has 5 heteroatoms. The van der Waals surface area contributed by atoms with E-state index in [2.05, 4.69) is 17.2 Å². The third kappa shape index (κ3) is 3.80. The molecular weight excluding hydrogens is 259 g/mol. The average Bonchev–Trinajstić information content (AvgIpc) is 2.47. The monoisotopic (exact) mass is 276 g/mol. The molecule has 1 aliphatic heterocycles. The van der Waals surface area contributed by atoms with Gasteiger partial charge in [-0.15, -0.1) is 0 Å². The van der Waals surface area contributed by atoms with Crippen molar-refractivity contribution in [3.8, 4) is 11.8 Å². The predicted molar refractivity (Wildman–Crippen MR) is 73.6 cm³/mol. The number of amides is 1. The van der Waals surface area contributed by atoms with E-state index in [9.17, 15) is 9.18 Å². The Hall–Kier alpha value is -1.90. The quantitative estimate of drug-likeness (QED) is 0.793. The van der Waals surface area contributed by atoms with Crippen LogP contribution < -0.4 is 11.1 Å². The highest BCUT2D eigenvalue weighted by Crippen LogP contribution is 2.11. The Kier molecular flexibility index (Phi) is 5.10. The molecule has 1 aromatic rings. The first-order chi connectivity index (χ1) is 9.70. The molecule has 106 valence electrons. The first-order valence-corrected chi connectivity index (χ1v) is 6.58. The van der Waals surface area contributed by atoms with Crippen LogP contribution in [0.4, 0.5) is 4.39 Å². The van der Waals surface area contributed by atoms with Crippen LogP contribution >= 0.6 is 0 Å². The van der Waals surface area contributed by atoms with E-state index in [-0.39, 0.29) is 24.1 Å². The zero-order valence-electron chi connectivity index (χ0n) is 11.1. The van der Waals surface area contributed by atoms with Crippen molar-refractivity contribution in [1.29, 1.82) is 0 Å². The van der Waals surface area contributed by atoms with Gasteiger partial charge in [-0.25, -0.2) is 4.39 Å². The van der Waals surface area contributed by atoms with Gasteiger partial charge in [-0.05, 0) is 31.0 Å². The summed E-state index contributed by atoms with van der Waals surface area (Å²) in [7, 11) is 0.